The second-order valence-electron chi connectivity index (χ2n) is 8.22. The van der Waals surface area contributed by atoms with Crippen LogP contribution in [-0.4, -0.2) is 82.8 Å². The molecule has 1 aliphatic rings. The van der Waals surface area contributed by atoms with Crippen molar-refractivity contribution in [3.8, 4) is 0 Å². The van der Waals surface area contributed by atoms with E-state index in [-0.39, 0.29) is 32.2 Å². The SMILES string of the molecule is NCCCCC(NC(=O)C1CCCN1C(=O)C(N)CC(N)=O)C(=O)NC(CCC(N)=O)C(=O)O. The standard InChI is InChI=1S/C20H35N7O7/c21-8-2-1-4-12(17(30)26-13(20(33)34)6-7-15(23)28)25-18(31)14-5-3-9-27(14)19(32)11(22)10-16(24)29/h11-14H,1-10,21-22H2,(H2,23,28)(H2,24,29)(H,25,31)(H,26,30)(H,33,34). The molecule has 1 aliphatic heterocycles. The molecule has 0 radical (unpaired) electrons. The van der Waals surface area contributed by atoms with Crippen molar-refractivity contribution in [3.63, 3.8) is 0 Å². The van der Waals surface area contributed by atoms with E-state index in [0.717, 1.165) is 0 Å². The molecule has 4 unspecified atom stereocenters. The van der Waals surface area contributed by atoms with Gasteiger partial charge in [-0.1, -0.05) is 0 Å². The van der Waals surface area contributed by atoms with Crippen molar-refractivity contribution >= 4 is 35.5 Å². The van der Waals surface area contributed by atoms with E-state index >= 15 is 0 Å². The number of nitrogens with zero attached hydrogens (tertiary/aromatic N) is 1. The van der Waals surface area contributed by atoms with E-state index < -0.39 is 59.7 Å². The summed E-state index contributed by atoms with van der Waals surface area (Å²) in [6.07, 6.45) is 1.26. The van der Waals surface area contributed by atoms with E-state index in [9.17, 15) is 33.9 Å². The molecule has 0 aromatic carbocycles. The second-order valence-corrected chi connectivity index (χ2v) is 8.22. The average Bonchev–Trinajstić information content (AvgIpc) is 3.24. The van der Waals surface area contributed by atoms with E-state index in [1.54, 1.807) is 0 Å². The topological polar surface area (TPSA) is 254 Å². The lowest BCUT2D eigenvalue weighted by molar-refractivity contribution is -0.143. The molecule has 1 rings (SSSR count). The average molecular weight is 486 g/mol. The van der Waals surface area contributed by atoms with Crippen molar-refractivity contribution in [1.29, 1.82) is 0 Å². The van der Waals surface area contributed by atoms with Crippen LogP contribution in [0.2, 0.25) is 0 Å². The van der Waals surface area contributed by atoms with Gasteiger partial charge < -0.3 is 43.6 Å². The van der Waals surface area contributed by atoms with Crippen LogP contribution in [0, 0.1) is 0 Å². The van der Waals surface area contributed by atoms with E-state index in [1.807, 2.05) is 0 Å². The summed E-state index contributed by atoms with van der Waals surface area (Å²) in [4.78, 5) is 73.1. The number of carboxylic acids is 1. The van der Waals surface area contributed by atoms with Crippen LogP contribution in [0.25, 0.3) is 0 Å². The molecule has 192 valence electrons. The van der Waals surface area contributed by atoms with Gasteiger partial charge in [-0.25, -0.2) is 4.79 Å². The molecule has 0 bridgehead atoms. The van der Waals surface area contributed by atoms with Gasteiger partial charge in [0.15, 0.2) is 0 Å². The Kier molecular flexibility index (Phi) is 11.9. The molecule has 0 aliphatic carbocycles. The lowest BCUT2D eigenvalue weighted by Crippen LogP contribution is -2.56. The van der Waals surface area contributed by atoms with E-state index in [4.69, 9.17) is 22.9 Å². The number of aliphatic carboxylic acids is 1. The molecule has 11 N–H and O–H groups in total. The van der Waals surface area contributed by atoms with Gasteiger partial charge in [-0.05, 0) is 45.1 Å². The number of carbonyl (C=O) groups is 6. The Hall–Kier alpha value is -3.26. The molecule has 4 atom stereocenters. The summed E-state index contributed by atoms with van der Waals surface area (Å²) in [5, 5.41) is 14.2. The molecule has 1 saturated heterocycles. The predicted molar refractivity (Wildman–Crippen MR) is 119 cm³/mol. The smallest absolute Gasteiger partial charge is 0.326 e. The van der Waals surface area contributed by atoms with Gasteiger partial charge in [-0.2, -0.15) is 0 Å². The number of likely N-dealkylation sites (tertiary alicyclic amines) is 1. The fourth-order valence-corrected chi connectivity index (χ4v) is 3.67. The Morgan fingerprint density at radius 1 is 0.971 bits per heavy atom. The molecular weight excluding hydrogens is 450 g/mol. The summed E-state index contributed by atoms with van der Waals surface area (Å²) < 4.78 is 0. The van der Waals surface area contributed by atoms with Crippen LogP contribution in [0.15, 0.2) is 0 Å². The normalized spacial score (nSPS) is 17.9. The van der Waals surface area contributed by atoms with Crippen LogP contribution in [0.5, 0.6) is 0 Å². The molecular formula is C20H35N7O7. The molecule has 0 aromatic rings. The number of unbranched alkanes of at least 4 members (excludes halogenated alkanes) is 1. The molecule has 5 amide bonds. The van der Waals surface area contributed by atoms with Crippen LogP contribution >= 0.6 is 0 Å². The summed E-state index contributed by atoms with van der Waals surface area (Å²) in [5.74, 6) is -4.76. The van der Waals surface area contributed by atoms with Crippen LogP contribution in [0.3, 0.4) is 0 Å². The fourth-order valence-electron chi connectivity index (χ4n) is 3.67. The minimum atomic E-state index is -1.37. The Bertz CT molecular complexity index is 776. The lowest BCUT2D eigenvalue weighted by atomic mass is 10.1. The Morgan fingerprint density at radius 3 is 2.21 bits per heavy atom. The quantitative estimate of drug-likeness (QED) is 0.114. The highest BCUT2D eigenvalue weighted by Gasteiger charge is 2.38. The molecule has 14 heteroatoms. The third-order valence-electron chi connectivity index (χ3n) is 5.45. The first kappa shape index (κ1) is 28.8. The summed E-state index contributed by atoms with van der Waals surface area (Å²) in [6.45, 7) is 0.614. The first-order valence-electron chi connectivity index (χ1n) is 11.1. The van der Waals surface area contributed by atoms with E-state index in [1.165, 1.54) is 4.90 Å². The molecule has 1 fully saturated rings. The maximum absolute atomic E-state index is 13.0. The van der Waals surface area contributed by atoms with Gasteiger partial charge in [-0.3, -0.25) is 24.0 Å². The molecule has 1 heterocycles. The van der Waals surface area contributed by atoms with Gasteiger partial charge in [0.2, 0.25) is 29.5 Å². The Morgan fingerprint density at radius 2 is 1.65 bits per heavy atom. The molecule has 0 aromatic heterocycles. The summed E-state index contributed by atoms with van der Waals surface area (Å²) in [7, 11) is 0. The Balaban J connectivity index is 2.91. The van der Waals surface area contributed by atoms with Gasteiger partial charge in [0, 0.05) is 13.0 Å². The maximum Gasteiger partial charge on any atom is 0.326 e. The fraction of sp³-hybridized carbons (Fsp3) is 0.700. The molecule has 0 spiro atoms. The summed E-state index contributed by atoms with van der Waals surface area (Å²) in [6, 6.07) is -4.55. The number of hydrogen-bond acceptors (Lipinski definition) is 8. The number of amides is 5. The largest absolute Gasteiger partial charge is 0.480 e. The third kappa shape index (κ3) is 9.31. The zero-order chi connectivity index (χ0) is 25.8. The summed E-state index contributed by atoms with van der Waals surface area (Å²) in [5.41, 5.74) is 21.4. The molecule has 34 heavy (non-hydrogen) atoms. The maximum atomic E-state index is 13.0. The van der Waals surface area contributed by atoms with Gasteiger partial charge >= 0.3 is 5.97 Å². The first-order valence-corrected chi connectivity index (χ1v) is 11.1. The number of rotatable bonds is 15. The highest BCUT2D eigenvalue weighted by molar-refractivity contribution is 5.95. The number of nitrogens with one attached hydrogen (secondary N) is 2. The van der Waals surface area contributed by atoms with Crippen LogP contribution < -0.4 is 33.6 Å². The van der Waals surface area contributed by atoms with E-state index in [2.05, 4.69) is 10.6 Å². The second kappa shape index (κ2) is 14.1. The highest BCUT2D eigenvalue weighted by Crippen LogP contribution is 2.19. The van der Waals surface area contributed by atoms with Crippen molar-refractivity contribution in [2.45, 2.75) is 75.5 Å². The number of nitrogens with two attached hydrogens (primary N) is 4. The minimum Gasteiger partial charge on any atom is -0.480 e. The van der Waals surface area contributed by atoms with Crippen molar-refractivity contribution in [3.05, 3.63) is 0 Å². The number of carbonyl (C=O) groups excluding carboxylic acids is 5. The van der Waals surface area contributed by atoms with E-state index in [0.29, 0.717) is 32.2 Å². The van der Waals surface area contributed by atoms with Gasteiger partial charge in [-0.15, -0.1) is 0 Å². The van der Waals surface area contributed by atoms with Crippen molar-refractivity contribution in [1.82, 2.24) is 15.5 Å². The lowest BCUT2D eigenvalue weighted by Gasteiger charge is -2.28. The summed E-state index contributed by atoms with van der Waals surface area (Å²) >= 11 is 0. The number of primary amides is 2. The predicted octanol–water partition coefficient (Wildman–Crippen LogP) is -3.37. The molecule has 14 nitrogen and oxygen atoms in total. The Labute approximate surface area is 197 Å². The first-order chi connectivity index (χ1) is 16.0. The number of carboxylic acid groups (broad SMARTS) is 1. The van der Waals surface area contributed by atoms with Crippen LogP contribution in [0.1, 0.15) is 51.4 Å². The monoisotopic (exact) mass is 485 g/mol. The molecule has 0 saturated carbocycles. The van der Waals surface area contributed by atoms with Gasteiger partial charge in [0.1, 0.15) is 18.1 Å². The number of hydrogen-bond donors (Lipinski definition) is 7. The highest BCUT2D eigenvalue weighted by atomic mass is 16.4. The zero-order valence-corrected chi connectivity index (χ0v) is 19.0. The zero-order valence-electron chi connectivity index (χ0n) is 19.0. The van der Waals surface area contributed by atoms with Gasteiger partial charge in [0.05, 0.1) is 12.5 Å². The van der Waals surface area contributed by atoms with Crippen molar-refractivity contribution in [2.75, 3.05) is 13.1 Å². The van der Waals surface area contributed by atoms with Crippen molar-refractivity contribution in [2.24, 2.45) is 22.9 Å². The van der Waals surface area contributed by atoms with Crippen LogP contribution in [0.4, 0.5) is 0 Å². The van der Waals surface area contributed by atoms with Gasteiger partial charge in [0.25, 0.3) is 0 Å². The van der Waals surface area contributed by atoms with Crippen molar-refractivity contribution < 1.29 is 33.9 Å². The van der Waals surface area contributed by atoms with Crippen LogP contribution in [-0.2, 0) is 28.8 Å². The third-order valence-corrected chi connectivity index (χ3v) is 5.45. The minimum absolute atomic E-state index is 0.179.